The van der Waals surface area contributed by atoms with Crippen molar-refractivity contribution in [2.75, 3.05) is 31.1 Å². The van der Waals surface area contributed by atoms with Crippen LogP contribution in [0.1, 0.15) is 57.9 Å². The molecule has 3 fully saturated rings. The van der Waals surface area contributed by atoms with Crippen LogP contribution >= 0.6 is 0 Å². The van der Waals surface area contributed by atoms with E-state index in [9.17, 15) is 20.1 Å². The lowest BCUT2D eigenvalue weighted by Gasteiger charge is -2.40. The van der Waals surface area contributed by atoms with Crippen LogP contribution in [-0.4, -0.2) is 48.4 Å². The average Bonchev–Trinajstić information content (AvgIpc) is 3.63. The number of carbonyl (C=O) groups excluding carboxylic acids is 2. The topological polar surface area (TPSA) is 100 Å². The predicted molar refractivity (Wildman–Crippen MR) is 125 cm³/mol. The van der Waals surface area contributed by atoms with E-state index in [1.807, 2.05) is 30.9 Å². The highest BCUT2D eigenvalue weighted by Gasteiger charge is 2.47. The second-order valence-electron chi connectivity index (χ2n) is 10.3. The van der Waals surface area contributed by atoms with E-state index in [2.05, 4.69) is 34.5 Å². The molecule has 33 heavy (non-hydrogen) atoms. The number of hydrogen-bond acceptors (Lipinski definition) is 5. The Morgan fingerprint density at radius 2 is 1.61 bits per heavy atom. The van der Waals surface area contributed by atoms with Crippen LogP contribution in [0.15, 0.2) is 24.3 Å². The van der Waals surface area contributed by atoms with Gasteiger partial charge in [-0.05, 0) is 57.2 Å². The van der Waals surface area contributed by atoms with E-state index in [0.717, 1.165) is 50.0 Å². The molecule has 1 saturated heterocycles. The summed E-state index contributed by atoms with van der Waals surface area (Å²) in [7, 11) is 0. The molecule has 0 bridgehead atoms. The van der Waals surface area contributed by atoms with Gasteiger partial charge in [0.05, 0.1) is 17.6 Å². The van der Waals surface area contributed by atoms with Crippen LogP contribution in [0.5, 0.6) is 0 Å². The van der Waals surface area contributed by atoms with Crippen LogP contribution in [0.4, 0.5) is 5.69 Å². The quantitative estimate of drug-likeness (QED) is 0.747. The molecule has 1 unspecified atom stereocenters. The lowest BCUT2D eigenvalue weighted by Crippen LogP contribution is -2.53. The molecule has 1 aromatic rings. The van der Waals surface area contributed by atoms with Gasteiger partial charge in [0.1, 0.15) is 5.54 Å². The maximum Gasteiger partial charge on any atom is 0.226 e. The van der Waals surface area contributed by atoms with Gasteiger partial charge in [0.2, 0.25) is 11.8 Å². The normalized spacial score (nSPS) is 24.4. The highest BCUT2D eigenvalue weighted by atomic mass is 16.2. The summed E-state index contributed by atoms with van der Waals surface area (Å²) in [5.41, 5.74) is 0.888. The monoisotopic (exact) mass is 447 g/mol. The molecule has 0 spiro atoms. The highest BCUT2D eigenvalue weighted by Crippen LogP contribution is 2.37. The Morgan fingerprint density at radius 1 is 1.00 bits per heavy atom. The van der Waals surface area contributed by atoms with E-state index in [4.69, 9.17) is 0 Å². The van der Waals surface area contributed by atoms with Gasteiger partial charge in [0.25, 0.3) is 0 Å². The van der Waals surface area contributed by atoms with Gasteiger partial charge in [-0.3, -0.25) is 9.59 Å². The van der Waals surface area contributed by atoms with Crippen molar-refractivity contribution in [2.24, 2.45) is 11.8 Å². The lowest BCUT2D eigenvalue weighted by molar-refractivity contribution is -0.144. The molecule has 0 radical (unpaired) electrons. The van der Waals surface area contributed by atoms with Crippen LogP contribution in [-0.2, 0) is 15.0 Å². The fourth-order valence-corrected chi connectivity index (χ4v) is 5.03. The van der Waals surface area contributed by atoms with E-state index in [1.54, 1.807) is 0 Å². The first-order valence-electron chi connectivity index (χ1n) is 12.1. The Labute approximate surface area is 196 Å². The predicted octanol–water partition coefficient (Wildman–Crippen LogP) is 3.12. The summed E-state index contributed by atoms with van der Waals surface area (Å²) in [6.45, 7) is 6.59. The fourth-order valence-electron chi connectivity index (χ4n) is 5.03. The highest BCUT2D eigenvalue weighted by molar-refractivity contribution is 5.89. The fraction of sp³-hybridized carbons (Fsp3) is 0.615. The van der Waals surface area contributed by atoms with Gasteiger partial charge < -0.3 is 15.1 Å². The van der Waals surface area contributed by atoms with Crippen molar-refractivity contribution in [1.29, 1.82) is 10.5 Å². The Morgan fingerprint density at radius 3 is 2.15 bits per heavy atom. The Kier molecular flexibility index (Phi) is 6.34. The van der Waals surface area contributed by atoms with E-state index >= 15 is 0 Å². The molecule has 7 heteroatoms. The van der Waals surface area contributed by atoms with Crippen molar-refractivity contribution in [3.05, 3.63) is 29.8 Å². The van der Waals surface area contributed by atoms with Crippen molar-refractivity contribution < 1.29 is 9.59 Å². The molecule has 7 nitrogen and oxygen atoms in total. The number of hydrogen-bond donors (Lipinski definition) is 1. The maximum atomic E-state index is 13.4. The summed E-state index contributed by atoms with van der Waals surface area (Å²) in [6.07, 6.45) is 4.79. The van der Waals surface area contributed by atoms with E-state index in [1.165, 1.54) is 0 Å². The van der Waals surface area contributed by atoms with E-state index in [-0.39, 0.29) is 23.7 Å². The minimum Gasteiger partial charge on any atom is -0.368 e. The average molecular weight is 448 g/mol. The van der Waals surface area contributed by atoms with Crippen LogP contribution in [0.2, 0.25) is 0 Å². The number of nitriles is 2. The van der Waals surface area contributed by atoms with Crippen LogP contribution in [0.3, 0.4) is 0 Å². The number of carbonyl (C=O) groups is 2. The molecule has 2 saturated carbocycles. The first kappa shape index (κ1) is 23.1. The molecule has 174 valence electrons. The molecule has 1 N–H and O–H groups in total. The third kappa shape index (κ3) is 4.83. The number of amides is 2. The molecule has 1 aliphatic heterocycles. The van der Waals surface area contributed by atoms with Gasteiger partial charge in [0, 0.05) is 43.7 Å². The first-order valence-corrected chi connectivity index (χ1v) is 12.1. The number of nitrogens with zero attached hydrogens (tertiary/aromatic N) is 4. The molecular weight excluding hydrogens is 414 g/mol. The molecule has 2 amide bonds. The molecule has 3 aliphatic rings. The minimum atomic E-state index is -0.689. The number of piperazine rings is 1. The van der Waals surface area contributed by atoms with Crippen molar-refractivity contribution in [2.45, 2.75) is 63.3 Å². The zero-order valence-corrected chi connectivity index (χ0v) is 19.6. The smallest absolute Gasteiger partial charge is 0.226 e. The summed E-state index contributed by atoms with van der Waals surface area (Å²) in [4.78, 5) is 30.5. The zero-order valence-electron chi connectivity index (χ0n) is 19.6. The molecule has 2 aliphatic carbocycles. The van der Waals surface area contributed by atoms with Crippen LogP contribution in [0.25, 0.3) is 0 Å². The second kappa shape index (κ2) is 9.06. The van der Waals surface area contributed by atoms with Gasteiger partial charge >= 0.3 is 0 Å². The van der Waals surface area contributed by atoms with Crippen molar-refractivity contribution in [3.63, 3.8) is 0 Å². The van der Waals surface area contributed by atoms with Gasteiger partial charge in [-0.25, -0.2) is 0 Å². The summed E-state index contributed by atoms with van der Waals surface area (Å²) < 4.78 is 0. The van der Waals surface area contributed by atoms with Gasteiger partial charge in [-0.1, -0.05) is 25.0 Å². The van der Waals surface area contributed by atoms with Crippen molar-refractivity contribution >= 4 is 17.5 Å². The van der Waals surface area contributed by atoms with Gasteiger partial charge in [-0.2, -0.15) is 10.5 Å². The molecule has 4 rings (SSSR count). The lowest BCUT2D eigenvalue weighted by atomic mass is 9.77. The van der Waals surface area contributed by atoms with Crippen molar-refractivity contribution in [1.82, 2.24) is 10.2 Å². The summed E-state index contributed by atoms with van der Waals surface area (Å²) in [5, 5.41) is 21.6. The van der Waals surface area contributed by atoms with E-state index in [0.29, 0.717) is 25.9 Å². The molecule has 1 aromatic carbocycles. The Hall–Kier alpha value is -3.06. The second-order valence-corrected chi connectivity index (χ2v) is 10.3. The number of nitrogens with one attached hydrogen (secondary N) is 1. The van der Waals surface area contributed by atoms with Crippen LogP contribution < -0.4 is 10.2 Å². The van der Waals surface area contributed by atoms with Crippen LogP contribution in [0, 0.1) is 34.5 Å². The van der Waals surface area contributed by atoms with Gasteiger partial charge in [-0.15, -0.1) is 0 Å². The SMILES string of the molecule is CC(C)(C#N)c1ccc(N2CCN(C(=O)[C@@H]3CCCCC3C(=O)NC3(C#N)CC3)CC2)cc1. The molecule has 1 heterocycles. The number of anilines is 1. The summed E-state index contributed by atoms with van der Waals surface area (Å²) >= 11 is 0. The zero-order chi connectivity index (χ0) is 23.6. The Balaban J connectivity index is 1.36. The third-order valence-electron chi connectivity index (χ3n) is 7.57. The molecule has 2 atom stereocenters. The number of rotatable bonds is 5. The summed E-state index contributed by atoms with van der Waals surface area (Å²) in [6, 6.07) is 12.7. The van der Waals surface area contributed by atoms with Gasteiger partial charge in [0.15, 0.2) is 0 Å². The molecule has 0 aromatic heterocycles. The summed E-state index contributed by atoms with van der Waals surface area (Å²) in [5.74, 6) is -0.646. The first-order chi connectivity index (χ1) is 15.8. The van der Waals surface area contributed by atoms with E-state index < -0.39 is 11.0 Å². The third-order valence-corrected chi connectivity index (χ3v) is 7.57. The number of benzene rings is 1. The Bertz CT molecular complexity index is 975. The molecular formula is C26H33N5O2. The van der Waals surface area contributed by atoms with Crippen molar-refractivity contribution in [3.8, 4) is 12.1 Å². The maximum absolute atomic E-state index is 13.4. The minimum absolute atomic E-state index is 0.0856. The largest absolute Gasteiger partial charge is 0.368 e. The standard InChI is InChI=1S/C26H33N5O2/c1-25(2,17-27)19-7-9-20(10-8-19)30-13-15-31(16-14-30)24(33)22-6-4-3-5-21(22)23(32)29-26(18-28)11-12-26/h7-10,21-22H,3-6,11-16H2,1-2H3,(H,29,32)/t21?,22-/m1/s1.